The molecule has 2 atom stereocenters. The number of benzene rings is 2. The first-order valence-corrected chi connectivity index (χ1v) is 10.2. The molecule has 0 bridgehead atoms. The first kappa shape index (κ1) is 24.5. The minimum absolute atomic E-state index is 0.124. The van der Waals surface area contributed by atoms with Gasteiger partial charge >= 0.3 is 11.9 Å². The second-order valence-electron chi connectivity index (χ2n) is 8.17. The number of hydrogen-bond acceptors (Lipinski definition) is 6. The van der Waals surface area contributed by atoms with Crippen LogP contribution in [0.5, 0.6) is 0 Å². The van der Waals surface area contributed by atoms with Crippen molar-refractivity contribution in [1.29, 1.82) is 0 Å². The third kappa shape index (κ3) is 7.79. The second kappa shape index (κ2) is 11.0. The van der Waals surface area contributed by atoms with Gasteiger partial charge in [-0.15, -0.1) is 0 Å². The van der Waals surface area contributed by atoms with Crippen LogP contribution in [0.15, 0.2) is 48.5 Å². The molecule has 2 aromatic rings. The lowest BCUT2D eigenvalue weighted by Crippen LogP contribution is -2.31. The van der Waals surface area contributed by atoms with Crippen molar-refractivity contribution >= 4 is 11.9 Å². The molecule has 7 heteroatoms. The number of esters is 1. The Kier molecular flexibility index (Phi) is 8.74. The van der Waals surface area contributed by atoms with Gasteiger partial charge in [-0.2, -0.15) is 0 Å². The highest BCUT2D eigenvalue weighted by Gasteiger charge is 2.28. The summed E-state index contributed by atoms with van der Waals surface area (Å²) in [6.07, 6.45) is -2.56. The molecule has 2 rings (SSSR count). The van der Waals surface area contributed by atoms with E-state index in [1.807, 2.05) is 57.2 Å². The molecular formula is C24H31NO6. The smallest absolute Gasteiger partial charge is 0.335 e. The van der Waals surface area contributed by atoms with Crippen molar-refractivity contribution in [2.45, 2.75) is 52.0 Å². The van der Waals surface area contributed by atoms with Crippen LogP contribution in [0.1, 0.15) is 44.9 Å². The molecule has 0 aliphatic carbocycles. The third-order valence-electron chi connectivity index (χ3n) is 4.41. The zero-order valence-electron chi connectivity index (χ0n) is 18.4. The van der Waals surface area contributed by atoms with Crippen LogP contribution in [-0.2, 0) is 25.6 Å². The largest absolute Gasteiger partial charge is 0.479 e. The molecule has 0 saturated heterocycles. The average molecular weight is 430 g/mol. The third-order valence-corrected chi connectivity index (χ3v) is 4.41. The molecule has 0 unspecified atom stereocenters. The summed E-state index contributed by atoms with van der Waals surface area (Å²) in [4.78, 5) is 23.1. The number of carbonyl (C=O) groups is 2. The number of aliphatic carboxylic acids is 1. The van der Waals surface area contributed by atoms with Crippen LogP contribution in [0.3, 0.4) is 0 Å². The van der Waals surface area contributed by atoms with Gasteiger partial charge in [0.25, 0.3) is 0 Å². The number of aliphatic hydroxyl groups excluding tert-OH is 1. The quantitative estimate of drug-likeness (QED) is 0.498. The van der Waals surface area contributed by atoms with Gasteiger partial charge in [0.15, 0.2) is 6.10 Å². The number of nitrogens with one attached hydrogen (secondary N) is 1. The normalized spacial score (nSPS) is 13.5. The molecule has 0 aliphatic heterocycles. The molecule has 0 heterocycles. The fraction of sp³-hybridized carbons (Fsp3) is 0.417. The highest BCUT2D eigenvalue weighted by atomic mass is 16.6. The van der Waals surface area contributed by atoms with Crippen molar-refractivity contribution in [1.82, 2.24) is 5.32 Å². The number of carboxylic acids is 1. The molecular weight excluding hydrogens is 398 g/mol. The molecule has 0 radical (unpaired) electrons. The minimum atomic E-state index is -1.31. The zero-order valence-corrected chi connectivity index (χ0v) is 18.4. The van der Waals surface area contributed by atoms with E-state index in [1.165, 1.54) is 0 Å². The Bertz CT molecular complexity index is 872. The Morgan fingerprint density at radius 2 is 1.74 bits per heavy atom. The summed E-state index contributed by atoms with van der Waals surface area (Å²) in [6.45, 7) is 8.01. The van der Waals surface area contributed by atoms with Crippen LogP contribution in [0.2, 0.25) is 0 Å². The van der Waals surface area contributed by atoms with Gasteiger partial charge in [0.2, 0.25) is 0 Å². The van der Waals surface area contributed by atoms with Crippen molar-refractivity contribution in [3.8, 4) is 11.1 Å². The van der Waals surface area contributed by atoms with Crippen LogP contribution < -0.4 is 5.32 Å². The number of carbonyl (C=O) groups excluding carboxylic acids is 1. The molecule has 0 aliphatic rings. The van der Waals surface area contributed by atoms with E-state index in [-0.39, 0.29) is 19.1 Å². The van der Waals surface area contributed by atoms with Crippen LogP contribution in [-0.4, -0.2) is 47.0 Å². The predicted molar refractivity (Wildman–Crippen MR) is 117 cm³/mol. The highest BCUT2D eigenvalue weighted by molar-refractivity contribution is 5.74. The molecule has 31 heavy (non-hydrogen) atoms. The Morgan fingerprint density at radius 1 is 1.06 bits per heavy atom. The molecule has 168 valence electrons. The molecule has 7 nitrogen and oxygen atoms in total. The van der Waals surface area contributed by atoms with Crippen LogP contribution >= 0.6 is 0 Å². The van der Waals surface area contributed by atoms with E-state index >= 15 is 0 Å². The number of carboxylic acid groups (broad SMARTS) is 1. The lowest BCUT2D eigenvalue weighted by molar-refractivity contribution is -0.158. The minimum Gasteiger partial charge on any atom is -0.479 e. The van der Waals surface area contributed by atoms with E-state index in [0.29, 0.717) is 12.1 Å². The predicted octanol–water partition coefficient (Wildman–Crippen LogP) is 3.31. The van der Waals surface area contributed by atoms with Gasteiger partial charge < -0.3 is 25.0 Å². The van der Waals surface area contributed by atoms with Crippen molar-refractivity contribution < 1.29 is 29.3 Å². The van der Waals surface area contributed by atoms with Crippen LogP contribution in [0, 0.1) is 0 Å². The summed E-state index contributed by atoms with van der Waals surface area (Å²) in [7, 11) is 0. The first-order valence-electron chi connectivity index (χ1n) is 10.2. The Labute approximate surface area is 183 Å². The maximum Gasteiger partial charge on any atom is 0.335 e. The van der Waals surface area contributed by atoms with E-state index in [4.69, 9.17) is 9.47 Å². The lowest BCUT2D eigenvalue weighted by atomic mass is 9.98. The summed E-state index contributed by atoms with van der Waals surface area (Å²) in [5, 5.41) is 22.7. The van der Waals surface area contributed by atoms with Gasteiger partial charge in [-0.05, 0) is 56.0 Å². The Morgan fingerprint density at radius 3 is 2.32 bits per heavy atom. The van der Waals surface area contributed by atoms with Crippen LogP contribution in [0.4, 0.5) is 0 Å². The summed E-state index contributed by atoms with van der Waals surface area (Å²) in [5.41, 5.74) is 2.86. The summed E-state index contributed by atoms with van der Waals surface area (Å²) in [6, 6.07) is 14.9. The Balaban J connectivity index is 2.02. The van der Waals surface area contributed by atoms with Crippen molar-refractivity contribution in [3.63, 3.8) is 0 Å². The standard InChI is InChI=1S/C24H31NO6/c1-5-30-22(23(28)29)21(27)18-11-9-17(10-12-18)19-8-6-7-16(13-19)14-25-15-20(26)31-24(2,3)4/h6-13,21-22,25,27H,5,14-15H2,1-4H3,(H,28,29)/t21-,22+/m1/s1. The zero-order chi connectivity index (χ0) is 23.0. The van der Waals surface area contributed by atoms with E-state index in [2.05, 4.69) is 5.32 Å². The fourth-order valence-corrected chi connectivity index (χ4v) is 3.07. The van der Waals surface area contributed by atoms with Crippen molar-refractivity contribution in [2.24, 2.45) is 0 Å². The van der Waals surface area contributed by atoms with E-state index in [9.17, 15) is 19.8 Å². The van der Waals surface area contributed by atoms with Crippen molar-refractivity contribution in [3.05, 3.63) is 59.7 Å². The maximum atomic E-state index is 11.8. The highest BCUT2D eigenvalue weighted by Crippen LogP contribution is 2.25. The topological polar surface area (TPSA) is 105 Å². The molecule has 2 aromatic carbocycles. The Hall–Kier alpha value is -2.74. The van der Waals surface area contributed by atoms with Crippen molar-refractivity contribution in [2.75, 3.05) is 13.2 Å². The van der Waals surface area contributed by atoms with E-state index in [1.54, 1.807) is 19.1 Å². The SMILES string of the molecule is CCO[C@H](C(=O)O)[C@H](O)c1ccc(-c2cccc(CNCC(=O)OC(C)(C)C)c2)cc1. The molecule has 0 spiro atoms. The summed E-state index contributed by atoms with van der Waals surface area (Å²) >= 11 is 0. The first-order chi connectivity index (χ1) is 14.6. The molecule has 0 fully saturated rings. The van der Waals surface area contributed by atoms with Gasteiger partial charge in [0.1, 0.15) is 11.7 Å². The van der Waals surface area contributed by atoms with Gasteiger partial charge in [-0.25, -0.2) is 4.79 Å². The van der Waals surface area contributed by atoms with Gasteiger partial charge in [-0.1, -0.05) is 42.5 Å². The average Bonchev–Trinajstić information content (AvgIpc) is 2.70. The number of ether oxygens (including phenoxy) is 2. The summed E-state index contributed by atoms with van der Waals surface area (Å²) < 4.78 is 10.4. The molecule has 0 aromatic heterocycles. The second-order valence-corrected chi connectivity index (χ2v) is 8.17. The van der Waals surface area contributed by atoms with E-state index < -0.39 is 23.8 Å². The van der Waals surface area contributed by atoms with Gasteiger partial charge in [0, 0.05) is 13.2 Å². The number of hydrogen-bond donors (Lipinski definition) is 3. The van der Waals surface area contributed by atoms with Gasteiger partial charge in [-0.3, -0.25) is 4.79 Å². The van der Waals surface area contributed by atoms with Crippen LogP contribution in [0.25, 0.3) is 11.1 Å². The summed E-state index contributed by atoms with van der Waals surface area (Å²) in [5.74, 6) is -1.51. The number of aliphatic hydroxyl groups is 1. The van der Waals surface area contributed by atoms with E-state index in [0.717, 1.165) is 16.7 Å². The molecule has 3 N–H and O–H groups in total. The maximum absolute atomic E-state index is 11.8. The van der Waals surface area contributed by atoms with Gasteiger partial charge in [0.05, 0.1) is 6.54 Å². The number of rotatable bonds is 10. The molecule has 0 saturated carbocycles. The fourth-order valence-electron chi connectivity index (χ4n) is 3.07. The lowest BCUT2D eigenvalue weighted by Gasteiger charge is -2.19. The molecule has 0 amide bonds. The monoisotopic (exact) mass is 429 g/mol.